The van der Waals surface area contributed by atoms with E-state index in [1.165, 1.54) is 104 Å². The Hall–Kier alpha value is -2.24. The Balaban J connectivity index is 1.77. The first-order valence-corrected chi connectivity index (χ1v) is 17.7. The van der Waals surface area contributed by atoms with E-state index >= 15 is 0 Å². The van der Waals surface area contributed by atoms with Crippen molar-refractivity contribution in [2.75, 3.05) is 27.3 Å². The maximum Gasteiger partial charge on any atom is 0.238 e. The number of unbranched alkanes of at least 4 members (excludes halogenated alkanes) is 15. The van der Waals surface area contributed by atoms with Crippen LogP contribution in [0.25, 0.3) is 0 Å². The molecule has 1 heterocycles. The largest absolute Gasteiger partial charge is 0.494 e. The molecule has 10 heteroatoms. The standard InChI is InChI=1S/C36H62N2O8/c1-4-5-6-7-8-9-10-11-12-13-14-15-16-17-18-19-24-45-28-22-20-27(21-23-28)25-36(34(43)37-2,35(44)38-3)33-32(42)31(41)30(40)29(26-39)46-33/h20-23,29-33,39-42H,4-19,24-26H2,1-3H3,(H,37,43)(H,38,44)/t29-,30+,31+,32-,33-/m1/s1. The van der Waals surface area contributed by atoms with Gasteiger partial charge in [-0.05, 0) is 30.5 Å². The van der Waals surface area contributed by atoms with Crippen LogP contribution in [0.3, 0.4) is 0 Å². The van der Waals surface area contributed by atoms with Crippen LogP contribution in [0.5, 0.6) is 5.75 Å². The van der Waals surface area contributed by atoms with Crippen LogP contribution in [0, 0.1) is 5.41 Å². The average molecular weight is 651 g/mol. The number of carbonyl (C=O) groups excluding carboxylic acids is 2. The molecule has 0 bridgehead atoms. The predicted molar refractivity (Wildman–Crippen MR) is 180 cm³/mol. The molecule has 0 aromatic heterocycles. The lowest BCUT2D eigenvalue weighted by Crippen LogP contribution is -2.69. The van der Waals surface area contributed by atoms with Crippen molar-refractivity contribution in [1.82, 2.24) is 10.6 Å². The summed E-state index contributed by atoms with van der Waals surface area (Å²) in [4.78, 5) is 26.6. The second-order valence-electron chi connectivity index (χ2n) is 12.9. The zero-order valence-corrected chi connectivity index (χ0v) is 28.6. The van der Waals surface area contributed by atoms with E-state index in [1.807, 2.05) is 0 Å². The third kappa shape index (κ3) is 12.1. The molecule has 2 amide bonds. The van der Waals surface area contributed by atoms with Crippen molar-refractivity contribution in [3.63, 3.8) is 0 Å². The van der Waals surface area contributed by atoms with E-state index in [0.29, 0.717) is 17.9 Å². The number of aliphatic hydroxyl groups is 4. The van der Waals surface area contributed by atoms with Gasteiger partial charge in [-0.25, -0.2) is 0 Å². The summed E-state index contributed by atoms with van der Waals surface area (Å²) < 4.78 is 11.6. The van der Waals surface area contributed by atoms with E-state index in [1.54, 1.807) is 24.3 Å². The van der Waals surface area contributed by atoms with Gasteiger partial charge in [0, 0.05) is 14.1 Å². The van der Waals surface area contributed by atoms with E-state index < -0.39 is 54.4 Å². The SMILES string of the molecule is CCCCCCCCCCCCCCCCCCOc1ccc(CC(C(=O)NC)(C(=O)NC)[C@@H]2O[C@H](CO)[C@H](O)[C@H](O)[C@H]2O)cc1. The number of ether oxygens (including phenoxy) is 2. The number of nitrogens with one attached hydrogen (secondary N) is 2. The Bertz CT molecular complexity index is 957. The van der Waals surface area contributed by atoms with Crippen molar-refractivity contribution < 1.29 is 39.5 Å². The number of amides is 2. The summed E-state index contributed by atoms with van der Waals surface area (Å²) in [5.41, 5.74) is -1.41. The molecule has 2 rings (SSSR count). The van der Waals surface area contributed by atoms with Crippen LogP contribution in [-0.4, -0.2) is 90.1 Å². The van der Waals surface area contributed by atoms with Crippen LogP contribution in [0.4, 0.5) is 0 Å². The Morgan fingerprint density at radius 2 is 1.17 bits per heavy atom. The summed E-state index contributed by atoms with van der Waals surface area (Å²) in [6, 6.07) is 7.03. The van der Waals surface area contributed by atoms with Gasteiger partial charge in [0.1, 0.15) is 36.3 Å². The Labute approximate surface area is 276 Å². The van der Waals surface area contributed by atoms with Crippen LogP contribution in [0.15, 0.2) is 24.3 Å². The average Bonchev–Trinajstić information content (AvgIpc) is 3.07. The molecule has 1 aliphatic heterocycles. The number of carbonyl (C=O) groups is 2. The molecule has 1 aliphatic rings. The third-order valence-corrected chi connectivity index (χ3v) is 9.32. The van der Waals surface area contributed by atoms with Crippen LogP contribution < -0.4 is 15.4 Å². The topological polar surface area (TPSA) is 158 Å². The molecule has 1 aromatic rings. The van der Waals surface area contributed by atoms with Gasteiger partial charge < -0.3 is 40.5 Å². The Morgan fingerprint density at radius 1 is 0.717 bits per heavy atom. The molecule has 1 fully saturated rings. The number of rotatable bonds is 24. The molecule has 0 spiro atoms. The number of benzene rings is 1. The minimum absolute atomic E-state index is 0.172. The van der Waals surface area contributed by atoms with Crippen molar-refractivity contribution in [3.8, 4) is 5.75 Å². The van der Waals surface area contributed by atoms with Crippen LogP contribution in [0.1, 0.15) is 115 Å². The van der Waals surface area contributed by atoms with Gasteiger partial charge in [0.2, 0.25) is 11.8 Å². The predicted octanol–water partition coefficient (Wildman–Crippen LogP) is 4.19. The molecular formula is C36H62N2O8. The zero-order chi connectivity index (χ0) is 33.8. The highest BCUT2D eigenvalue weighted by Crippen LogP contribution is 2.38. The van der Waals surface area contributed by atoms with Gasteiger partial charge in [0.15, 0.2) is 5.41 Å². The number of hydrogen-bond acceptors (Lipinski definition) is 8. The molecule has 1 aromatic carbocycles. The molecule has 46 heavy (non-hydrogen) atoms. The van der Waals surface area contributed by atoms with Gasteiger partial charge in [-0.3, -0.25) is 9.59 Å². The third-order valence-electron chi connectivity index (χ3n) is 9.32. The van der Waals surface area contributed by atoms with E-state index in [4.69, 9.17) is 9.47 Å². The lowest BCUT2D eigenvalue weighted by molar-refractivity contribution is -0.252. The van der Waals surface area contributed by atoms with E-state index in [0.717, 1.165) is 12.8 Å². The van der Waals surface area contributed by atoms with Gasteiger partial charge in [-0.2, -0.15) is 0 Å². The highest BCUT2D eigenvalue weighted by atomic mass is 16.5. The van der Waals surface area contributed by atoms with Gasteiger partial charge in [0.25, 0.3) is 0 Å². The molecule has 1 saturated heterocycles. The number of aliphatic hydroxyl groups excluding tert-OH is 4. The summed E-state index contributed by atoms with van der Waals surface area (Å²) in [6.07, 6.45) is 12.9. The van der Waals surface area contributed by atoms with Crippen LogP contribution in [0.2, 0.25) is 0 Å². The van der Waals surface area contributed by atoms with Gasteiger partial charge >= 0.3 is 0 Å². The Morgan fingerprint density at radius 3 is 1.61 bits per heavy atom. The minimum Gasteiger partial charge on any atom is -0.494 e. The zero-order valence-electron chi connectivity index (χ0n) is 28.6. The summed E-state index contributed by atoms with van der Waals surface area (Å²) in [6.45, 7) is 2.19. The molecule has 264 valence electrons. The second kappa shape index (κ2) is 22.4. The molecule has 10 nitrogen and oxygen atoms in total. The molecule has 6 N–H and O–H groups in total. The highest BCUT2D eigenvalue weighted by Gasteiger charge is 2.60. The molecule has 0 aliphatic carbocycles. The van der Waals surface area contributed by atoms with Crippen LogP contribution in [-0.2, 0) is 20.7 Å². The monoisotopic (exact) mass is 650 g/mol. The molecule has 0 radical (unpaired) electrons. The van der Waals surface area contributed by atoms with Gasteiger partial charge in [-0.1, -0.05) is 115 Å². The van der Waals surface area contributed by atoms with E-state index in [9.17, 15) is 30.0 Å². The summed E-state index contributed by atoms with van der Waals surface area (Å²) in [7, 11) is 2.72. The maximum absolute atomic E-state index is 13.3. The second-order valence-corrected chi connectivity index (χ2v) is 12.9. The van der Waals surface area contributed by atoms with E-state index in [-0.39, 0.29) is 6.42 Å². The smallest absolute Gasteiger partial charge is 0.238 e. The molecule has 5 atom stereocenters. The molecule has 0 unspecified atom stereocenters. The fourth-order valence-corrected chi connectivity index (χ4v) is 6.44. The lowest BCUT2D eigenvalue weighted by Gasteiger charge is -2.47. The first-order chi connectivity index (χ1) is 22.3. The maximum atomic E-state index is 13.3. The lowest BCUT2D eigenvalue weighted by atomic mass is 9.70. The van der Waals surface area contributed by atoms with Crippen LogP contribution >= 0.6 is 0 Å². The molecule has 0 saturated carbocycles. The fourth-order valence-electron chi connectivity index (χ4n) is 6.44. The van der Waals surface area contributed by atoms with E-state index in [2.05, 4.69) is 17.6 Å². The quantitative estimate of drug-likeness (QED) is 0.0719. The van der Waals surface area contributed by atoms with Crippen molar-refractivity contribution in [3.05, 3.63) is 29.8 Å². The Kier molecular flexibility index (Phi) is 19.4. The summed E-state index contributed by atoms with van der Waals surface area (Å²) >= 11 is 0. The molecular weight excluding hydrogens is 588 g/mol. The van der Waals surface area contributed by atoms with Crippen molar-refractivity contribution in [1.29, 1.82) is 0 Å². The minimum atomic E-state index is -2.01. The van der Waals surface area contributed by atoms with Crippen molar-refractivity contribution in [2.24, 2.45) is 5.41 Å². The highest BCUT2D eigenvalue weighted by molar-refractivity contribution is 6.06. The summed E-state index contributed by atoms with van der Waals surface area (Å²) in [5, 5.41) is 46.2. The van der Waals surface area contributed by atoms with Gasteiger partial charge in [0.05, 0.1) is 13.2 Å². The first-order valence-electron chi connectivity index (χ1n) is 17.7. The first kappa shape index (κ1) is 39.9. The summed E-state index contributed by atoms with van der Waals surface area (Å²) in [5.74, 6) is -0.803. The van der Waals surface area contributed by atoms with Crippen molar-refractivity contribution in [2.45, 2.75) is 147 Å². The normalized spacial score (nSPS) is 21.6. The number of hydrogen-bond donors (Lipinski definition) is 6. The van der Waals surface area contributed by atoms with Gasteiger partial charge in [-0.15, -0.1) is 0 Å². The van der Waals surface area contributed by atoms with Crippen molar-refractivity contribution >= 4 is 11.8 Å². The fraction of sp³-hybridized carbons (Fsp3) is 0.778.